The molecule has 0 bridgehead atoms. The number of nitrogens with one attached hydrogen (secondary N) is 1. The second-order valence-corrected chi connectivity index (χ2v) is 6.49. The molecule has 0 spiro atoms. The van der Waals surface area contributed by atoms with Crippen molar-refractivity contribution in [3.05, 3.63) is 71.5 Å². The maximum Gasteiger partial charge on any atom is 0.422 e. The third kappa shape index (κ3) is 5.56. The van der Waals surface area contributed by atoms with E-state index in [4.69, 9.17) is 0 Å². The summed E-state index contributed by atoms with van der Waals surface area (Å²) >= 11 is 0. The van der Waals surface area contributed by atoms with E-state index in [2.05, 4.69) is 15.2 Å². The summed E-state index contributed by atoms with van der Waals surface area (Å²) < 4.78 is 81.1. The first-order valence-corrected chi connectivity index (χ1v) is 8.77. The predicted octanol–water partition coefficient (Wildman–Crippen LogP) is 5.39. The second-order valence-electron chi connectivity index (χ2n) is 6.49. The third-order valence-corrected chi connectivity index (χ3v) is 4.19. The first kappa shape index (κ1) is 22.2. The molecule has 1 amide bonds. The van der Waals surface area contributed by atoms with E-state index in [9.17, 15) is 31.1 Å². The molecular formula is C20H15F6N3O2. The van der Waals surface area contributed by atoms with Gasteiger partial charge in [0, 0.05) is 5.69 Å². The lowest BCUT2D eigenvalue weighted by Crippen LogP contribution is -2.19. The number of benzene rings is 2. The molecule has 5 nitrogen and oxygen atoms in total. The van der Waals surface area contributed by atoms with Gasteiger partial charge in [-0.2, -0.15) is 31.4 Å². The zero-order valence-electron chi connectivity index (χ0n) is 15.9. The number of nitrogens with zero attached hydrogens (tertiary/aromatic N) is 2. The standard InChI is InChI=1S/C20H15F6N3O2/c1-12-17(10-27-29(12)15-4-2-3-13(9-15)20(24,25)26)18(30)28-14-5-7-16(8-6-14)31-11-19(21,22)23/h2-10H,11H2,1H3,(H,28,30). The minimum absolute atomic E-state index is 0.0242. The van der Waals surface area contributed by atoms with Crippen LogP contribution in [0.15, 0.2) is 54.7 Å². The van der Waals surface area contributed by atoms with Crippen LogP contribution in [0.25, 0.3) is 5.69 Å². The van der Waals surface area contributed by atoms with Gasteiger partial charge in [0.1, 0.15) is 5.75 Å². The Hall–Kier alpha value is -3.50. The van der Waals surface area contributed by atoms with E-state index in [1.54, 1.807) is 0 Å². The molecular weight excluding hydrogens is 428 g/mol. The number of hydrogen-bond acceptors (Lipinski definition) is 3. The highest BCUT2D eigenvalue weighted by atomic mass is 19.4. The Kier molecular flexibility index (Phi) is 5.96. The minimum atomic E-state index is -4.52. The van der Waals surface area contributed by atoms with E-state index in [1.807, 2.05) is 0 Å². The average Bonchev–Trinajstić information content (AvgIpc) is 3.08. The summed E-state index contributed by atoms with van der Waals surface area (Å²) in [7, 11) is 0. The SMILES string of the molecule is Cc1c(C(=O)Nc2ccc(OCC(F)(F)F)cc2)cnn1-c1cccc(C(F)(F)F)c1. The van der Waals surface area contributed by atoms with Crippen molar-refractivity contribution in [1.29, 1.82) is 0 Å². The highest BCUT2D eigenvalue weighted by Crippen LogP contribution is 2.30. The van der Waals surface area contributed by atoms with Crippen LogP contribution in [0, 0.1) is 6.92 Å². The van der Waals surface area contributed by atoms with Crippen molar-refractivity contribution in [3.63, 3.8) is 0 Å². The molecule has 0 saturated heterocycles. The number of ether oxygens (including phenoxy) is 1. The molecule has 2 aromatic carbocycles. The number of alkyl halides is 6. The fourth-order valence-corrected chi connectivity index (χ4v) is 2.70. The summed E-state index contributed by atoms with van der Waals surface area (Å²) in [5, 5.41) is 6.54. The zero-order chi connectivity index (χ0) is 22.8. The lowest BCUT2D eigenvalue weighted by molar-refractivity contribution is -0.153. The molecule has 3 aromatic rings. The van der Waals surface area contributed by atoms with Gasteiger partial charge >= 0.3 is 12.4 Å². The second kappa shape index (κ2) is 8.32. The summed E-state index contributed by atoms with van der Waals surface area (Å²) in [5.41, 5.74) is 0.00335. The van der Waals surface area contributed by atoms with Crippen molar-refractivity contribution in [3.8, 4) is 11.4 Å². The highest BCUT2D eigenvalue weighted by Gasteiger charge is 2.31. The van der Waals surface area contributed by atoms with Crippen LogP contribution in [0.1, 0.15) is 21.6 Å². The number of carbonyl (C=O) groups excluding carboxylic acids is 1. The Morgan fingerprint density at radius 1 is 1.06 bits per heavy atom. The Bertz CT molecular complexity index is 1070. The van der Waals surface area contributed by atoms with Crippen LogP contribution >= 0.6 is 0 Å². The van der Waals surface area contributed by atoms with Crippen molar-refractivity contribution < 1.29 is 35.9 Å². The molecule has 0 radical (unpaired) electrons. The van der Waals surface area contributed by atoms with E-state index in [1.165, 1.54) is 54.2 Å². The van der Waals surface area contributed by atoms with Crippen LogP contribution in [-0.4, -0.2) is 28.5 Å². The maximum absolute atomic E-state index is 12.9. The van der Waals surface area contributed by atoms with Crippen molar-refractivity contribution in [1.82, 2.24) is 9.78 Å². The van der Waals surface area contributed by atoms with Crippen LogP contribution in [0.4, 0.5) is 32.0 Å². The molecule has 1 aromatic heterocycles. The van der Waals surface area contributed by atoms with E-state index in [-0.39, 0.29) is 22.7 Å². The van der Waals surface area contributed by atoms with E-state index >= 15 is 0 Å². The molecule has 31 heavy (non-hydrogen) atoms. The van der Waals surface area contributed by atoms with Gasteiger partial charge in [-0.15, -0.1) is 0 Å². The van der Waals surface area contributed by atoms with Gasteiger partial charge in [-0.25, -0.2) is 4.68 Å². The fourth-order valence-electron chi connectivity index (χ4n) is 2.70. The Morgan fingerprint density at radius 2 is 1.74 bits per heavy atom. The van der Waals surface area contributed by atoms with Crippen LogP contribution in [0.5, 0.6) is 5.75 Å². The summed E-state index contributed by atoms with van der Waals surface area (Å²) in [5.74, 6) is -0.608. The topological polar surface area (TPSA) is 56.1 Å². The first-order chi connectivity index (χ1) is 14.4. The molecule has 1 N–H and O–H groups in total. The molecule has 0 atom stereocenters. The smallest absolute Gasteiger partial charge is 0.422 e. The highest BCUT2D eigenvalue weighted by molar-refractivity contribution is 6.05. The van der Waals surface area contributed by atoms with E-state index in [0.717, 1.165) is 12.1 Å². The van der Waals surface area contributed by atoms with Gasteiger partial charge in [0.15, 0.2) is 6.61 Å². The quantitative estimate of drug-likeness (QED) is 0.538. The number of halogens is 6. The molecule has 3 rings (SSSR count). The fraction of sp³-hybridized carbons (Fsp3) is 0.200. The molecule has 0 aliphatic rings. The lowest BCUT2D eigenvalue weighted by atomic mass is 10.2. The van der Waals surface area contributed by atoms with Crippen LogP contribution in [-0.2, 0) is 6.18 Å². The summed E-state index contributed by atoms with van der Waals surface area (Å²) in [6, 6.07) is 9.75. The molecule has 164 valence electrons. The summed E-state index contributed by atoms with van der Waals surface area (Å²) in [4.78, 5) is 12.5. The van der Waals surface area contributed by atoms with Crippen molar-refractivity contribution in [2.75, 3.05) is 11.9 Å². The zero-order valence-corrected chi connectivity index (χ0v) is 15.9. The van der Waals surface area contributed by atoms with Crippen molar-refractivity contribution >= 4 is 11.6 Å². The van der Waals surface area contributed by atoms with Crippen LogP contribution in [0.3, 0.4) is 0 Å². The lowest BCUT2D eigenvalue weighted by Gasteiger charge is -2.11. The molecule has 1 heterocycles. The molecule has 0 aliphatic heterocycles. The van der Waals surface area contributed by atoms with Crippen LogP contribution < -0.4 is 10.1 Å². The number of anilines is 1. The predicted molar refractivity (Wildman–Crippen MR) is 99.2 cm³/mol. The van der Waals surface area contributed by atoms with Crippen LogP contribution in [0.2, 0.25) is 0 Å². The number of aromatic nitrogens is 2. The average molecular weight is 443 g/mol. The minimum Gasteiger partial charge on any atom is -0.484 e. The van der Waals surface area contributed by atoms with Gasteiger partial charge in [-0.05, 0) is 49.4 Å². The van der Waals surface area contributed by atoms with Gasteiger partial charge in [0.2, 0.25) is 0 Å². The van der Waals surface area contributed by atoms with Crippen molar-refractivity contribution in [2.45, 2.75) is 19.3 Å². The van der Waals surface area contributed by atoms with Crippen molar-refractivity contribution in [2.24, 2.45) is 0 Å². The van der Waals surface area contributed by atoms with Gasteiger partial charge in [-0.3, -0.25) is 4.79 Å². The number of hydrogen-bond donors (Lipinski definition) is 1. The largest absolute Gasteiger partial charge is 0.484 e. The first-order valence-electron chi connectivity index (χ1n) is 8.77. The number of carbonyl (C=O) groups is 1. The Balaban J connectivity index is 1.73. The van der Waals surface area contributed by atoms with Gasteiger partial charge in [0.05, 0.1) is 28.7 Å². The molecule has 0 aliphatic carbocycles. The van der Waals surface area contributed by atoms with Gasteiger partial charge < -0.3 is 10.1 Å². The summed E-state index contributed by atoms with van der Waals surface area (Å²) in [6.45, 7) is 0.0862. The number of amides is 1. The molecule has 11 heteroatoms. The molecule has 0 saturated carbocycles. The normalized spacial score (nSPS) is 12.0. The summed E-state index contributed by atoms with van der Waals surface area (Å²) in [6.07, 6.45) is -7.77. The molecule has 0 unspecified atom stereocenters. The number of rotatable bonds is 5. The van der Waals surface area contributed by atoms with Gasteiger partial charge in [-0.1, -0.05) is 6.07 Å². The maximum atomic E-state index is 12.9. The third-order valence-electron chi connectivity index (χ3n) is 4.19. The molecule has 0 fully saturated rings. The Morgan fingerprint density at radius 3 is 2.35 bits per heavy atom. The Labute approximate surface area is 172 Å². The monoisotopic (exact) mass is 443 g/mol. The van der Waals surface area contributed by atoms with E-state index < -0.39 is 30.4 Å². The van der Waals surface area contributed by atoms with Gasteiger partial charge in [0.25, 0.3) is 5.91 Å². The van der Waals surface area contributed by atoms with E-state index in [0.29, 0.717) is 5.69 Å².